The lowest BCUT2D eigenvalue weighted by molar-refractivity contribution is 0.149. The van der Waals surface area contributed by atoms with Gasteiger partial charge in [-0.2, -0.15) is 4.99 Å². The van der Waals surface area contributed by atoms with E-state index in [4.69, 9.17) is 10.5 Å². The van der Waals surface area contributed by atoms with Gasteiger partial charge in [0.25, 0.3) is 0 Å². The van der Waals surface area contributed by atoms with Gasteiger partial charge in [-0.15, -0.1) is 0 Å². The van der Waals surface area contributed by atoms with Crippen LogP contribution in [0.4, 0.5) is 4.79 Å². The molecule has 0 spiro atoms. The maximum atomic E-state index is 11.1. The minimum Gasteiger partial charge on any atom is -0.431 e. The molecule has 1 atom stereocenters. The van der Waals surface area contributed by atoms with Crippen LogP contribution in [0.1, 0.15) is 11.7 Å². The van der Waals surface area contributed by atoms with Crippen molar-refractivity contribution in [2.45, 2.75) is 6.10 Å². The number of amides is 1. The lowest BCUT2D eigenvalue weighted by atomic mass is 10.0. The van der Waals surface area contributed by atoms with Gasteiger partial charge in [-0.25, -0.2) is 4.79 Å². The fourth-order valence-electron chi connectivity index (χ4n) is 1.91. The summed E-state index contributed by atoms with van der Waals surface area (Å²) in [5.74, 6) is 0.174. The molecule has 84 valence electrons. The van der Waals surface area contributed by atoms with E-state index in [2.05, 4.69) is 9.98 Å². The average molecular weight is 227 g/mol. The highest BCUT2D eigenvalue weighted by Gasteiger charge is 2.29. The van der Waals surface area contributed by atoms with Gasteiger partial charge in [-0.05, 0) is 6.07 Å². The van der Waals surface area contributed by atoms with Gasteiger partial charge in [-0.3, -0.25) is 4.98 Å². The number of carbonyl (C=O) groups excluding carboxylic acids is 1. The summed E-state index contributed by atoms with van der Waals surface area (Å²) in [5.41, 5.74) is 7.20. The van der Waals surface area contributed by atoms with E-state index in [9.17, 15) is 4.79 Å². The van der Waals surface area contributed by atoms with Crippen LogP contribution in [-0.2, 0) is 4.74 Å². The van der Waals surface area contributed by atoms with Crippen LogP contribution in [0.2, 0.25) is 0 Å². The van der Waals surface area contributed by atoms with Crippen LogP contribution in [0.3, 0.4) is 0 Å². The average Bonchev–Trinajstić information content (AvgIpc) is 2.68. The number of hydrogen-bond acceptors (Lipinski definition) is 4. The van der Waals surface area contributed by atoms with E-state index in [-0.39, 0.29) is 5.84 Å². The molecule has 1 aliphatic rings. The van der Waals surface area contributed by atoms with Gasteiger partial charge in [0.1, 0.15) is 0 Å². The van der Waals surface area contributed by atoms with E-state index >= 15 is 0 Å². The number of para-hydroxylation sites is 1. The van der Waals surface area contributed by atoms with Gasteiger partial charge in [0.2, 0.25) is 0 Å². The fourth-order valence-corrected chi connectivity index (χ4v) is 1.91. The SMILES string of the molecule is NC1=NC(=O)OC1c1cccc2cccnc12. The normalized spacial score (nSPS) is 19.2. The summed E-state index contributed by atoms with van der Waals surface area (Å²) in [6.07, 6.45) is 0.414. The largest absolute Gasteiger partial charge is 0.436 e. The number of hydrogen-bond donors (Lipinski definition) is 1. The number of benzene rings is 1. The van der Waals surface area contributed by atoms with E-state index in [1.807, 2.05) is 30.3 Å². The minimum absolute atomic E-state index is 0.174. The summed E-state index contributed by atoms with van der Waals surface area (Å²) in [6.45, 7) is 0. The van der Waals surface area contributed by atoms with Gasteiger partial charge >= 0.3 is 6.09 Å². The van der Waals surface area contributed by atoms with Crippen LogP contribution < -0.4 is 5.73 Å². The zero-order valence-electron chi connectivity index (χ0n) is 8.83. The topological polar surface area (TPSA) is 77.6 Å². The van der Waals surface area contributed by atoms with Crippen molar-refractivity contribution in [2.75, 3.05) is 0 Å². The maximum absolute atomic E-state index is 11.1. The van der Waals surface area contributed by atoms with E-state index < -0.39 is 12.2 Å². The molecule has 3 rings (SSSR count). The van der Waals surface area contributed by atoms with Gasteiger partial charge < -0.3 is 10.5 Å². The summed E-state index contributed by atoms with van der Waals surface area (Å²) in [4.78, 5) is 18.9. The highest BCUT2D eigenvalue weighted by atomic mass is 16.6. The fraction of sp³-hybridized carbons (Fsp3) is 0.0833. The quantitative estimate of drug-likeness (QED) is 0.805. The van der Waals surface area contributed by atoms with Crippen molar-refractivity contribution in [3.8, 4) is 0 Å². The number of nitrogens with two attached hydrogens (primary N) is 1. The maximum Gasteiger partial charge on any atom is 0.436 e. The highest BCUT2D eigenvalue weighted by Crippen LogP contribution is 2.28. The molecule has 1 aliphatic heterocycles. The standard InChI is InChI=1S/C12H9N3O2/c13-11-10(17-12(16)15-11)8-5-1-3-7-4-2-6-14-9(7)8/h1-6,10H,(H2,13,15,16). The van der Waals surface area contributed by atoms with Crippen LogP contribution in [0.5, 0.6) is 0 Å². The lowest BCUT2D eigenvalue weighted by Crippen LogP contribution is -2.19. The first-order valence-electron chi connectivity index (χ1n) is 5.14. The van der Waals surface area contributed by atoms with Gasteiger partial charge in [0.05, 0.1) is 5.52 Å². The Bertz CT molecular complexity index is 631. The molecule has 17 heavy (non-hydrogen) atoms. The van der Waals surface area contributed by atoms with Gasteiger partial charge in [-0.1, -0.05) is 24.3 Å². The van der Waals surface area contributed by atoms with Crippen molar-refractivity contribution in [1.82, 2.24) is 4.98 Å². The Morgan fingerprint density at radius 1 is 1.24 bits per heavy atom. The number of pyridine rings is 1. The van der Waals surface area contributed by atoms with Crippen molar-refractivity contribution in [3.63, 3.8) is 0 Å². The van der Waals surface area contributed by atoms with E-state index in [1.54, 1.807) is 6.20 Å². The summed E-state index contributed by atoms with van der Waals surface area (Å²) in [5, 5.41) is 0.973. The molecule has 0 fully saturated rings. The molecule has 0 radical (unpaired) electrons. The van der Waals surface area contributed by atoms with Gasteiger partial charge in [0.15, 0.2) is 11.9 Å². The van der Waals surface area contributed by atoms with E-state index in [1.165, 1.54) is 0 Å². The van der Waals surface area contributed by atoms with Crippen molar-refractivity contribution in [3.05, 3.63) is 42.1 Å². The second-order valence-corrected chi connectivity index (χ2v) is 3.72. The monoisotopic (exact) mass is 227 g/mol. The number of aliphatic imine (C=N–C) groups is 1. The highest BCUT2D eigenvalue weighted by molar-refractivity contribution is 6.01. The molecule has 0 aliphatic carbocycles. The molecule has 2 aromatic rings. The number of cyclic esters (lactones) is 1. The van der Waals surface area contributed by atoms with Crippen molar-refractivity contribution < 1.29 is 9.53 Å². The number of ether oxygens (including phenoxy) is 1. The second-order valence-electron chi connectivity index (χ2n) is 3.72. The molecule has 0 saturated heterocycles. The third-order valence-electron chi connectivity index (χ3n) is 2.65. The molecule has 5 nitrogen and oxygen atoms in total. The molecule has 2 N–H and O–H groups in total. The summed E-state index contributed by atoms with van der Waals surface area (Å²) >= 11 is 0. The number of nitrogens with zero attached hydrogens (tertiary/aromatic N) is 2. The third kappa shape index (κ3) is 1.52. The van der Waals surface area contributed by atoms with Crippen molar-refractivity contribution in [2.24, 2.45) is 10.7 Å². The summed E-state index contributed by atoms with van der Waals surface area (Å²) < 4.78 is 5.06. The van der Waals surface area contributed by atoms with Crippen LogP contribution >= 0.6 is 0 Å². The molecule has 2 heterocycles. The summed E-state index contributed by atoms with van der Waals surface area (Å²) in [7, 11) is 0. The van der Waals surface area contributed by atoms with Crippen LogP contribution in [-0.4, -0.2) is 16.9 Å². The Morgan fingerprint density at radius 3 is 2.82 bits per heavy atom. The Hall–Kier alpha value is -2.43. The zero-order valence-corrected chi connectivity index (χ0v) is 8.83. The molecule has 1 aromatic heterocycles. The first-order chi connectivity index (χ1) is 8.25. The van der Waals surface area contributed by atoms with Crippen LogP contribution in [0.25, 0.3) is 10.9 Å². The van der Waals surface area contributed by atoms with E-state index in [0.29, 0.717) is 0 Å². The molecule has 5 heteroatoms. The molecule has 1 aromatic carbocycles. The Kier molecular flexibility index (Phi) is 2.04. The number of amidine groups is 1. The van der Waals surface area contributed by atoms with Crippen LogP contribution in [0.15, 0.2) is 41.5 Å². The zero-order chi connectivity index (χ0) is 11.8. The molecule has 1 amide bonds. The molecular formula is C12H9N3O2. The Labute approximate surface area is 96.9 Å². The van der Waals surface area contributed by atoms with Crippen molar-refractivity contribution >= 4 is 22.8 Å². The Morgan fingerprint density at radius 2 is 2.06 bits per heavy atom. The van der Waals surface area contributed by atoms with Crippen LogP contribution in [0, 0.1) is 0 Å². The third-order valence-corrected chi connectivity index (χ3v) is 2.65. The number of rotatable bonds is 1. The first kappa shape index (κ1) is 9.77. The number of aromatic nitrogens is 1. The number of fused-ring (bicyclic) bond motifs is 1. The molecular weight excluding hydrogens is 218 g/mol. The second kappa shape index (κ2) is 3.55. The molecule has 0 saturated carbocycles. The lowest BCUT2D eigenvalue weighted by Gasteiger charge is -2.11. The van der Waals surface area contributed by atoms with Gasteiger partial charge in [0, 0.05) is 17.1 Å². The predicted molar refractivity (Wildman–Crippen MR) is 62.6 cm³/mol. The Balaban J connectivity index is 2.18. The molecule has 1 unspecified atom stereocenters. The first-order valence-corrected chi connectivity index (χ1v) is 5.14. The van der Waals surface area contributed by atoms with E-state index in [0.717, 1.165) is 16.5 Å². The minimum atomic E-state index is -0.652. The molecule has 0 bridgehead atoms. The number of carbonyl (C=O) groups is 1. The smallest absolute Gasteiger partial charge is 0.431 e. The summed E-state index contributed by atoms with van der Waals surface area (Å²) in [6, 6.07) is 9.44. The predicted octanol–water partition coefficient (Wildman–Crippen LogP) is 1.78. The van der Waals surface area contributed by atoms with Crippen molar-refractivity contribution in [1.29, 1.82) is 0 Å².